The highest BCUT2D eigenvalue weighted by molar-refractivity contribution is 5.70. The van der Waals surface area contributed by atoms with Gasteiger partial charge in [0, 0.05) is 32.2 Å². The van der Waals surface area contributed by atoms with Gasteiger partial charge in [0.05, 0.1) is 26.0 Å². The van der Waals surface area contributed by atoms with Crippen LogP contribution in [0.1, 0.15) is 17.5 Å². The van der Waals surface area contributed by atoms with Crippen molar-refractivity contribution in [3.05, 3.63) is 48.0 Å². The van der Waals surface area contributed by atoms with E-state index >= 15 is 0 Å². The van der Waals surface area contributed by atoms with Crippen molar-refractivity contribution in [3.63, 3.8) is 0 Å². The summed E-state index contributed by atoms with van der Waals surface area (Å²) < 4.78 is 15.0. The molecular weight excluding hydrogens is 316 g/mol. The average molecular weight is 340 g/mol. The first-order valence-corrected chi connectivity index (χ1v) is 8.34. The van der Waals surface area contributed by atoms with Crippen molar-refractivity contribution in [2.45, 2.75) is 26.3 Å². The second-order valence-electron chi connectivity index (χ2n) is 6.12. The highest BCUT2D eigenvalue weighted by atomic mass is 16.5. The van der Waals surface area contributed by atoms with Gasteiger partial charge in [-0.05, 0) is 43.0 Å². The molecule has 1 aromatic carbocycles. The Morgan fingerprint density at radius 1 is 1.16 bits per heavy atom. The molecule has 0 unspecified atom stereocenters. The Kier molecular flexibility index (Phi) is 5.07. The monoisotopic (exact) mass is 340 g/mol. The number of aryl methyl sites for hydroxylation is 4. The Balaban J connectivity index is 1.83. The van der Waals surface area contributed by atoms with Crippen LogP contribution in [0.5, 0.6) is 11.5 Å². The Morgan fingerprint density at radius 3 is 2.68 bits per heavy atom. The smallest absolute Gasteiger partial charge is 0.171 e. The molecule has 0 aliphatic carbocycles. The van der Waals surface area contributed by atoms with Crippen LogP contribution < -0.4 is 9.47 Å². The van der Waals surface area contributed by atoms with Crippen LogP contribution in [0, 0.1) is 6.92 Å². The SMILES string of the molecule is COc1cc(C)cc(-c2nccn2CCCc2cnn(C)c2)c1OC. The molecule has 0 N–H and O–H groups in total. The highest BCUT2D eigenvalue weighted by Gasteiger charge is 2.17. The molecule has 0 atom stereocenters. The predicted molar refractivity (Wildman–Crippen MR) is 97.0 cm³/mol. The molecule has 0 radical (unpaired) electrons. The summed E-state index contributed by atoms with van der Waals surface area (Å²) in [6.45, 7) is 2.92. The number of ether oxygens (including phenoxy) is 2. The van der Waals surface area contributed by atoms with Crippen LogP contribution in [0.15, 0.2) is 36.9 Å². The van der Waals surface area contributed by atoms with E-state index in [4.69, 9.17) is 9.47 Å². The summed E-state index contributed by atoms with van der Waals surface area (Å²) in [7, 11) is 5.25. The molecule has 2 heterocycles. The van der Waals surface area contributed by atoms with E-state index in [1.165, 1.54) is 5.56 Å². The first-order valence-electron chi connectivity index (χ1n) is 8.34. The first-order chi connectivity index (χ1) is 12.1. The van der Waals surface area contributed by atoms with E-state index in [2.05, 4.69) is 26.9 Å². The molecule has 0 spiro atoms. The molecule has 132 valence electrons. The highest BCUT2D eigenvalue weighted by Crippen LogP contribution is 2.38. The zero-order valence-corrected chi connectivity index (χ0v) is 15.2. The molecule has 6 heteroatoms. The van der Waals surface area contributed by atoms with E-state index < -0.39 is 0 Å². The molecule has 25 heavy (non-hydrogen) atoms. The van der Waals surface area contributed by atoms with E-state index in [1.807, 2.05) is 43.3 Å². The zero-order valence-electron chi connectivity index (χ0n) is 15.2. The normalized spacial score (nSPS) is 10.9. The molecule has 6 nitrogen and oxygen atoms in total. The van der Waals surface area contributed by atoms with Crippen molar-refractivity contribution in [2.24, 2.45) is 7.05 Å². The minimum Gasteiger partial charge on any atom is -0.493 e. The number of hydrogen-bond donors (Lipinski definition) is 0. The van der Waals surface area contributed by atoms with Crippen LogP contribution in [0.4, 0.5) is 0 Å². The third-order valence-electron chi connectivity index (χ3n) is 4.20. The van der Waals surface area contributed by atoms with E-state index in [0.29, 0.717) is 5.75 Å². The van der Waals surface area contributed by atoms with Crippen molar-refractivity contribution in [3.8, 4) is 22.9 Å². The molecule has 0 bridgehead atoms. The largest absolute Gasteiger partial charge is 0.493 e. The maximum absolute atomic E-state index is 5.59. The van der Waals surface area contributed by atoms with Crippen molar-refractivity contribution in [2.75, 3.05) is 14.2 Å². The lowest BCUT2D eigenvalue weighted by Gasteiger charge is -2.15. The molecular formula is C19H24N4O2. The van der Waals surface area contributed by atoms with Crippen LogP contribution in [-0.4, -0.2) is 33.6 Å². The van der Waals surface area contributed by atoms with Crippen molar-refractivity contribution in [1.82, 2.24) is 19.3 Å². The summed E-state index contributed by atoms with van der Waals surface area (Å²) in [5.41, 5.74) is 3.31. The van der Waals surface area contributed by atoms with Gasteiger partial charge in [0.1, 0.15) is 5.82 Å². The molecule has 0 fully saturated rings. The number of aromatic nitrogens is 4. The molecule has 0 saturated heterocycles. The average Bonchev–Trinajstić information content (AvgIpc) is 3.23. The molecule has 0 aliphatic rings. The second-order valence-corrected chi connectivity index (χ2v) is 6.12. The summed E-state index contributed by atoms with van der Waals surface area (Å²) in [5.74, 6) is 2.33. The summed E-state index contributed by atoms with van der Waals surface area (Å²) in [4.78, 5) is 4.55. The van der Waals surface area contributed by atoms with E-state index in [0.717, 1.165) is 42.1 Å². The van der Waals surface area contributed by atoms with Gasteiger partial charge in [-0.2, -0.15) is 5.10 Å². The van der Waals surface area contributed by atoms with Crippen molar-refractivity contribution >= 4 is 0 Å². The van der Waals surface area contributed by atoms with Gasteiger partial charge >= 0.3 is 0 Å². The Bertz CT molecular complexity index is 851. The molecule has 0 amide bonds. The number of benzene rings is 1. The maximum Gasteiger partial charge on any atom is 0.171 e. The standard InChI is InChI=1S/C19H24N4O2/c1-14-10-16(18(25-4)17(11-14)24-3)19-20-7-9-23(19)8-5-6-15-12-21-22(2)13-15/h7,9-13H,5-6,8H2,1-4H3. The minimum atomic E-state index is 0.716. The van der Waals surface area contributed by atoms with Crippen LogP contribution >= 0.6 is 0 Å². The van der Waals surface area contributed by atoms with E-state index in [1.54, 1.807) is 14.2 Å². The molecule has 0 aliphatic heterocycles. The number of nitrogens with zero attached hydrogens (tertiary/aromatic N) is 4. The van der Waals surface area contributed by atoms with Gasteiger partial charge in [0.25, 0.3) is 0 Å². The van der Waals surface area contributed by atoms with Gasteiger partial charge in [0.2, 0.25) is 0 Å². The molecule has 2 aromatic heterocycles. The van der Waals surface area contributed by atoms with Crippen LogP contribution in [0.3, 0.4) is 0 Å². The third kappa shape index (κ3) is 3.68. The summed E-state index contributed by atoms with van der Waals surface area (Å²) >= 11 is 0. The minimum absolute atomic E-state index is 0.716. The van der Waals surface area contributed by atoms with E-state index in [-0.39, 0.29) is 0 Å². The van der Waals surface area contributed by atoms with Gasteiger partial charge in [-0.1, -0.05) is 0 Å². The van der Waals surface area contributed by atoms with Crippen molar-refractivity contribution in [1.29, 1.82) is 0 Å². The second kappa shape index (κ2) is 7.42. The lowest BCUT2D eigenvalue weighted by molar-refractivity contribution is 0.355. The fourth-order valence-electron chi connectivity index (χ4n) is 3.06. The predicted octanol–water partition coefficient (Wildman–Crippen LogP) is 3.24. The van der Waals surface area contributed by atoms with Crippen molar-refractivity contribution < 1.29 is 9.47 Å². The van der Waals surface area contributed by atoms with Crippen LogP contribution in [0.2, 0.25) is 0 Å². The Morgan fingerprint density at radius 2 is 2.00 bits per heavy atom. The first kappa shape index (κ1) is 17.1. The zero-order chi connectivity index (χ0) is 17.8. The van der Waals surface area contributed by atoms with Gasteiger partial charge in [-0.15, -0.1) is 0 Å². The number of methoxy groups -OCH3 is 2. The summed E-state index contributed by atoms with van der Waals surface area (Å²) in [5, 5.41) is 4.22. The van der Waals surface area contributed by atoms with Crippen LogP contribution in [0.25, 0.3) is 11.4 Å². The third-order valence-corrected chi connectivity index (χ3v) is 4.20. The van der Waals surface area contributed by atoms with Crippen LogP contribution in [-0.2, 0) is 20.0 Å². The lowest BCUT2D eigenvalue weighted by atomic mass is 10.1. The number of imidazole rings is 1. The fourth-order valence-corrected chi connectivity index (χ4v) is 3.06. The van der Waals surface area contributed by atoms with Gasteiger partial charge in [-0.3, -0.25) is 4.68 Å². The topological polar surface area (TPSA) is 54.1 Å². The molecule has 0 saturated carbocycles. The number of rotatable bonds is 7. The van der Waals surface area contributed by atoms with Gasteiger partial charge < -0.3 is 14.0 Å². The van der Waals surface area contributed by atoms with Gasteiger partial charge in [-0.25, -0.2) is 4.98 Å². The number of hydrogen-bond acceptors (Lipinski definition) is 4. The quantitative estimate of drug-likeness (QED) is 0.662. The van der Waals surface area contributed by atoms with Gasteiger partial charge in [0.15, 0.2) is 11.5 Å². The molecule has 3 rings (SSSR count). The summed E-state index contributed by atoms with van der Waals surface area (Å²) in [6.07, 6.45) is 9.81. The van der Waals surface area contributed by atoms with E-state index in [9.17, 15) is 0 Å². The lowest BCUT2D eigenvalue weighted by Crippen LogP contribution is -2.03. The summed E-state index contributed by atoms with van der Waals surface area (Å²) in [6, 6.07) is 4.05. The maximum atomic E-state index is 5.59. The Hall–Kier alpha value is -2.76. The fraction of sp³-hybridized carbons (Fsp3) is 0.368. The Labute approximate surface area is 148 Å². The molecule has 3 aromatic rings.